The molecular formula is C9H22N2O3S. The molecular weight excluding hydrogens is 216 g/mol. The minimum atomic E-state index is -1.65. The van der Waals surface area contributed by atoms with Gasteiger partial charge < -0.3 is 16.0 Å². The van der Waals surface area contributed by atoms with E-state index in [0.717, 1.165) is 0 Å². The van der Waals surface area contributed by atoms with Gasteiger partial charge in [-0.3, -0.25) is 4.79 Å². The zero-order chi connectivity index (χ0) is 12.5. The van der Waals surface area contributed by atoms with Gasteiger partial charge in [-0.15, -0.1) is 0 Å². The molecule has 1 unspecified atom stereocenters. The Hall–Kier alpha value is -0.460. The number of primary amides is 1. The van der Waals surface area contributed by atoms with Crippen LogP contribution in [0, 0.1) is 5.41 Å². The zero-order valence-corrected chi connectivity index (χ0v) is 10.5. The lowest BCUT2D eigenvalue weighted by Crippen LogP contribution is -2.19. The third-order valence-corrected chi connectivity index (χ3v) is 1.87. The third kappa shape index (κ3) is 24.7. The highest BCUT2D eigenvalue weighted by atomic mass is 32.2. The normalized spacial score (nSPS) is 12.6. The van der Waals surface area contributed by atoms with E-state index in [1.165, 1.54) is 0 Å². The minimum Gasteiger partial charge on any atom is -0.370 e. The molecule has 0 heterocycles. The Bertz CT molecular complexity index is 202. The van der Waals surface area contributed by atoms with Crippen LogP contribution in [-0.4, -0.2) is 27.0 Å². The summed E-state index contributed by atoms with van der Waals surface area (Å²) in [5.41, 5.74) is 10.0. The number of carbonyl (C=O) groups is 1. The maximum Gasteiger partial charge on any atom is 0.217 e. The summed E-state index contributed by atoms with van der Waals surface area (Å²) in [5.74, 6) is 0.0775. The summed E-state index contributed by atoms with van der Waals surface area (Å²) in [6.45, 7) is 6.44. The molecule has 0 aliphatic heterocycles. The van der Waals surface area contributed by atoms with E-state index in [-0.39, 0.29) is 11.3 Å². The highest BCUT2D eigenvalue weighted by Crippen LogP contribution is 2.16. The second kappa shape index (κ2) is 8.82. The lowest BCUT2D eigenvalue weighted by Gasteiger charge is -2.13. The van der Waals surface area contributed by atoms with Gasteiger partial charge in [0.1, 0.15) is 0 Å². The van der Waals surface area contributed by atoms with Crippen LogP contribution >= 0.6 is 0 Å². The van der Waals surface area contributed by atoms with Crippen LogP contribution in [0.3, 0.4) is 0 Å². The van der Waals surface area contributed by atoms with E-state index in [4.69, 9.17) is 16.0 Å². The Morgan fingerprint density at radius 3 is 1.93 bits per heavy atom. The lowest BCUT2D eigenvalue weighted by atomic mass is 9.92. The van der Waals surface area contributed by atoms with Crippen LogP contribution in [0.5, 0.6) is 0 Å². The molecule has 0 aliphatic carbocycles. The average molecular weight is 238 g/mol. The van der Waals surface area contributed by atoms with Crippen molar-refractivity contribution in [1.29, 1.82) is 0 Å². The van der Waals surface area contributed by atoms with Gasteiger partial charge in [-0.05, 0) is 18.4 Å². The van der Waals surface area contributed by atoms with Crippen LogP contribution < -0.4 is 11.5 Å². The van der Waals surface area contributed by atoms with E-state index in [9.17, 15) is 9.00 Å². The predicted molar refractivity (Wildman–Crippen MR) is 62.6 cm³/mol. The number of amides is 1. The highest BCUT2D eigenvalue weighted by Gasteiger charge is 2.12. The van der Waals surface area contributed by atoms with Crippen molar-refractivity contribution in [3.05, 3.63) is 0 Å². The summed E-state index contributed by atoms with van der Waals surface area (Å²) in [6, 6.07) is 0. The predicted octanol–water partition coefficient (Wildman–Crippen LogP) is 0.465. The van der Waals surface area contributed by atoms with Gasteiger partial charge in [-0.2, -0.15) is 0 Å². The molecule has 0 radical (unpaired) electrons. The van der Waals surface area contributed by atoms with Crippen molar-refractivity contribution in [2.24, 2.45) is 16.9 Å². The highest BCUT2D eigenvalue weighted by molar-refractivity contribution is 7.79. The molecule has 6 heteroatoms. The first-order valence-electron chi connectivity index (χ1n) is 4.75. The van der Waals surface area contributed by atoms with Crippen molar-refractivity contribution in [1.82, 2.24) is 0 Å². The van der Waals surface area contributed by atoms with Crippen molar-refractivity contribution in [3.8, 4) is 0 Å². The van der Waals surface area contributed by atoms with Crippen molar-refractivity contribution in [3.63, 3.8) is 0 Å². The first-order valence-corrected chi connectivity index (χ1v) is 6.02. The van der Waals surface area contributed by atoms with E-state index in [1.54, 1.807) is 0 Å². The van der Waals surface area contributed by atoms with E-state index in [2.05, 4.69) is 0 Å². The van der Waals surface area contributed by atoms with Crippen LogP contribution in [0.15, 0.2) is 0 Å². The standard InChI is InChI=1S/C6H13NO.C3H9NO2S/c1-6(2,3)4-5(7)8;4-2-1-3-7(5)6/h4H2,1-3H3,(H2,7,8);1-4H2,(H,5,6). The van der Waals surface area contributed by atoms with Crippen molar-refractivity contribution in [2.75, 3.05) is 12.3 Å². The number of hydrogen-bond donors (Lipinski definition) is 3. The molecule has 5 nitrogen and oxygen atoms in total. The number of nitrogens with two attached hydrogens (primary N) is 2. The molecule has 0 bridgehead atoms. The minimum absolute atomic E-state index is 0.0475. The lowest BCUT2D eigenvalue weighted by molar-refractivity contribution is -0.119. The van der Waals surface area contributed by atoms with E-state index < -0.39 is 11.1 Å². The van der Waals surface area contributed by atoms with Crippen LogP contribution in [0.1, 0.15) is 33.6 Å². The Morgan fingerprint density at radius 2 is 1.87 bits per heavy atom. The Labute approximate surface area is 93.9 Å². The summed E-state index contributed by atoms with van der Waals surface area (Å²) in [5, 5.41) is 0. The Morgan fingerprint density at radius 1 is 1.40 bits per heavy atom. The molecule has 0 fully saturated rings. The van der Waals surface area contributed by atoms with Gasteiger partial charge in [0.2, 0.25) is 5.91 Å². The van der Waals surface area contributed by atoms with Gasteiger partial charge in [0.25, 0.3) is 0 Å². The average Bonchev–Trinajstić information content (AvgIpc) is 1.96. The molecule has 0 saturated carbocycles. The summed E-state index contributed by atoms with van der Waals surface area (Å²) in [6.07, 6.45) is 1.09. The second-order valence-electron chi connectivity index (χ2n) is 4.37. The Kier molecular flexibility index (Phi) is 9.96. The summed E-state index contributed by atoms with van der Waals surface area (Å²) >= 11 is -1.65. The molecule has 5 N–H and O–H groups in total. The molecule has 92 valence electrons. The van der Waals surface area contributed by atoms with Gasteiger partial charge in [0.15, 0.2) is 11.1 Å². The van der Waals surface area contributed by atoms with Gasteiger partial charge >= 0.3 is 0 Å². The maximum absolute atomic E-state index is 10.2. The fourth-order valence-corrected chi connectivity index (χ4v) is 1.14. The topological polar surface area (TPSA) is 106 Å². The third-order valence-electron chi connectivity index (χ3n) is 1.23. The molecule has 0 aromatic carbocycles. The molecule has 1 atom stereocenters. The molecule has 0 aromatic rings. The summed E-state index contributed by atoms with van der Waals surface area (Å²) < 4.78 is 17.9. The smallest absolute Gasteiger partial charge is 0.217 e. The van der Waals surface area contributed by atoms with Gasteiger partial charge in [-0.25, -0.2) is 4.21 Å². The molecule has 15 heavy (non-hydrogen) atoms. The zero-order valence-electron chi connectivity index (χ0n) is 9.66. The first-order chi connectivity index (χ1) is 6.69. The van der Waals surface area contributed by atoms with Gasteiger partial charge in [0.05, 0.1) is 5.75 Å². The first kappa shape index (κ1) is 17.0. The maximum atomic E-state index is 10.2. The van der Waals surface area contributed by atoms with Crippen LogP contribution in [0.25, 0.3) is 0 Å². The molecule has 0 rings (SSSR count). The molecule has 0 spiro atoms. The van der Waals surface area contributed by atoms with E-state index >= 15 is 0 Å². The quantitative estimate of drug-likeness (QED) is 0.619. The largest absolute Gasteiger partial charge is 0.370 e. The monoisotopic (exact) mass is 238 g/mol. The van der Waals surface area contributed by atoms with E-state index in [1.807, 2.05) is 20.8 Å². The van der Waals surface area contributed by atoms with Crippen LogP contribution in [0.2, 0.25) is 0 Å². The van der Waals surface area contributed by atoms with Gasteiger partial charge in [-0.1, -0.05) is 20.8 Å². The second-order valence-corrected chi connectivity index (χ2v) is 5.42. The number of hydrogen-bond acceptors (Lipinski definition) is 3. The summed E-state index contributed by atoms with van der Waals surface area (Å²) in [7, 11) is 0. The van der Waals surface area contributed by atoms with Gasteiger partial charge in [0, 0.05) is 6.42 Å². The number of rotatable bonds is 4. The van der Waals surface area contributed by atoms with Crippen LogP contribution in [-0.2, 0) is 15.9 Å². The fourth-order valence-electron chi connectivity index (χ4n) is 0.730. The number of carbonyl (C=O) groups excluding carboxylic acids is 1. The molecule has 0 aromatic heterocycles. The molecule has 0 aliphatic rings. The molecule has 1 amide bonds. The van der Waals surface area contributed by atoms with Crippen molar-refractivity contribution < 1.29 is 13.6 Å². The Balaban J connectivity index is 0. The van der Waals surface area contributed by atoms with Crippen LogP contribution in [0.4, 0.5) is 0 Å². The fraction of sp³-hybridized carbons (Fsp3) is 0.889. The molecule has 0 saturated heterocycles. The summed E-state index contributed by atoms with van der Waals surface area (Å²) in [4.78, 5) is 10.2. The van der Waals surface area contributed by atoms with Crippen molar-refractivity contribution >= 4 is 17.0 Å². The van der Waals surface area contributed by atoms with Crippen molar-refractivity contribution in [2.45, 2.75) is 33.6 Å². The SMILES string of the molecule is CC(C)(C)CC(N)=O.NCCCS(=O)O. The van der Waals surface area contributed by atoms with E-state index in [0.29, 0.717) is 25.1 Å².